The lowest BCUT2D eigenvalue weighted by Gasteiger charge is -2.19. The average molecular weight is 254 g/mol. The van der Waals surface area contributed by atoms with E-state index in [1.807, 2.05) is 6.26 Å². The van der Waals surface area contributed by atoms with Gasteiger partial charge in [0.25, 0.3) is 5.91 Å². The quantitative estimate of drug-likeness (QED) is 0.813. The number of hydrogen-bond donors (Lipinski definition) is 1. The SMILES string of the molecule is COc1cccc(N)c1C(=O)N(C)CCSC. The number of carbonyl (C=O) groups is 1. The minimum Gasteiger partial charge on any atom is -0.496 e. The Morgan fingerprint density at radius 3 is 2.82 bits per heavy atom. The van der Waals surface area contributed by atoms with Crippen LogP contribution in [0, 0.1) is 0 Å². The third-order valence-corrected chi connectivity index (χ3v) is 3.06. The molecule has 17 heavy (non-hydrogen) atoms. The van der Waals surface area contributed by atoms with E-state index >= 15 is 0 Å². The van der Waals surface area contributed by atoms with E-state index in [0.29, 0.717) is 23.5 Å². The highest BCUT2D eigenvalue weighted by atomic mass is 32.2. The fourth-order valence-electron chi connectivity index (χ4n) is 1.47. The van der Waals surface area contributed by atoms with Gasteiger partial charge in [-0.2, -0.15) is 11.8 Å². The minimum atomic E-state index is -0.103. The second-order valence-corrected chi connectivity index (χ2v) is 4.63. The summed E-state index contributed by atoms with van der Waals surface area (Å²) in [6.45, 7) is 0.692. The van der Waals surface area contributed by atoms with Crippen molar-refractivity contribution in [1.29, 1.82) is 0 Å². The number of ether oxygens (including phenoxy) is 1. The highest BCUT2D eigenvalue weighted by Gasteiger charge is 2.18. The summed E-state index contributed by atoms with van der Waals surface area (Å²) in [5.41, 5.74) is 6.72. The summed E-state index contributed by atoms with van der Waals surface area (Å²) in [4.78, 5) is 13.9. The summed E-state index contributed by atoms with van der Waals surface area (Å²) in [6, 6.07) is 5.22. The van der Waals surface area contributed by atoms with E-state index < -0.39 is 0 Å². The first-order valence-corrected chi connectivity index (χ1v) is 6.68. The Kier molecular flexibility index (Phi) is 5.15. The van der Waals surface area contributed by atoms with E-state index in [9.17, 15) is 4.79 Å². The molecule has 0 saturated carbocycles. The van der Waals surface area contributed by atoms with E-state index in [0.717, 1.165) is 5.75 Å². The highest BCUT2D eigenvalue weighted by Crippen LogP contribution is 2.25. The van der Waals surface area contributed by atoms with Gasteiger partial charge in [0.1, 0.15) is 11.3 Å². The van der Waals surface area contributed by atoms with Crippen LogP contribution in [0.5, 0.6) is 5.75 Å². The van der Waals surface area contributed by atoms with Crippen LogP contribution in [0.25, 0.3) is 0 Å². The largest absolute Gasteiger partial charge is 0.496 e. The van der Waals surface area contributed by atoms with Crippen molar-refractivity contribution in [2.75, 3.05) is 38.4 Å². The zero-order chi connectivity index (χ0) is 12.8. The molecule has 2 N–H and O–H groups in total. The lowest BCUT2D eigenvalue weighted by Crippen LogP contribution is -2.29. The summed E-state index contributed by atoms with van der Waals surface area (Å²) in [5, 5.41) is 0. The predicted molar refractivity (Wildman–Crippen MR) is 72.7 cm³/mol. The monoisotopic (exact) mass is 254 g/mol. The number of anilines is 1. The van der Waals surface area contributed by atoms with Gasteiger partial charge in [0, 0.05) is 25.0 Å². The molecule has 0 radical (unpaired) electrons. The number of hydrogen-bond acceptors (Lipinski definition) is 4. The Bertz CT molecular complexity index is 396. The molecule has 4 nitrogen and oxygen atoms in total. The van der Waals surface area contributed by atoms with Crippen LogP contribution in [-0.4, -0.2) is 43.5 Å². The third kappa shape index (κ3) is 3.30. The molecule has 0 atom stereocenters. The zero-order valence-corrected chi connectivity index (χ0v) is 11.2. The molecule has 94 valence electrons. The van der Waals surface area contributed by atoms with Crippen LogP contribution in [0.4, 0.5) is 5.69 Å². The predicted octanol–water partition coefficient (Wildman–Crippen LogP) is 1.71. The van der Waals surface area contributed by atoms with Gasteiger partial charge in [0.05, 0.1) is 7.11 Å². The number of benzene rings is 1. The molecule has 1 aromatic rings. The van der Waals surface area contributed by atoms with E-state index in [-0.39, 0.29) is 5.91 Å². The maximum Gasteiger partial charge on any atom is 0.259 e. The molecule has 0 saturated heterocycles. The number of methoxy groups -OCH3 is 1. The standard InChI is InChI=1S/C12H18N2O2S/c1-14(7-8-17-3)12(15)11-9(13)5-4-6-10(11)16-2/h4-6H,7-8,13H2,1-3H3. The Hall–Kier alpha value is -1.36. The molecule has 1 amide bonds. The lowest BCUT2D eigenvalue weighted by molar-refractivity contribution is 0.0801. The second-order valence-electron chi connectivity index (χ2n) is 3.64. The number of rotatable bonds is 5. The van der Waals surface area contributed by atoms with Crippen LogP contribution in [0.15, 0.2) is 18.2 Å². The van der Waals surface area contributed by atoms with Crippen LogP contribution >= 0.6 is 11.8 Å². The Morgan fingerprint density at radius 2 is 2.24 bits per heavy atom. The molecule has 1 aromatic carbocycles. The van der Waals surface area contributed by atoms with Crippen molar-refractivity contribution in [3.05, 3.63) is 23.8 Å². The van der Waals surface area contributed by atoms with Gasteiger partial charge in [-0.05, 0) is 18.4 Å². The Balaban J connectivity index is 2.95. The van der Waals surface area contributed by atoms with Gasteiger partial charge in [0.2, 0.25) is 0 Å². The van der Waals surface area contributed by atoms with Gasteiger partial charge in [0.15, 0.2) is 0 Å². The molecule has 5 heteroatoms. The van der Waals surface area contributed by atoms with E-state index in [4.69, 9.17) is 10.5 Å². The van der Waals surface area contributed by atoms with Crippen LogP contribution in [0.1, 0.15) is 10.4 Å². The normalized spacial score (nSPS) is 10.1. The van der Waals surface area contributed by atoms with Crippen molar-refractivity contribution in [3.63, 3.8) is 0 Å². The molecule has 0 spiro atoms. The summed E-state index contributed by atoms with van der Waals surface area (Å²) >= 11 is 1.70. The first-order valence-electron chi connectivity index (χ1n) is 5.28. The number of nitrogen functional groups attached to an aromatic ring is 1. The summed E-state index contributed by atoms with van der Waals surface area (Å²) in [6.07, 6.45) is 2.01. The van der Waals surface area contributed by atoms with Crippen molar-refractivity contribution < 1.29 is 9.53 Å². The van der Waals surface area contributed by atoms with E-state index in [2.05, 4.69) is 0 Å². The van der Waals surface area contributed by atoms with Gasteiger partial charge < -0.3 is 15.4 Å². The maximum atomic E-state index is 12.2. The topological polar surface area (TPSA) is 55.6 Å². The number of thioether (sulfide) groups is 1. The molecular formula is C12H18N2O2S. The van der Waals surface area contributed by atoms with Crippen LogP contribution in [-0.2, 0) is 0 Å². The van der Waals surface area contributed by atoms with Crippen LogP contribution < -0.4 is 10.5 Å². The lowest BCUT2D eigenvalue weighted by atomic mass is 10.1. The number of carbonyl (C=O) groups excluding carboxylic acids is 1. The fraction of sp³-hybridized carbons (Fsp3) is 0.417. The first kappa shape index (κ1) is 13.7. The number of amides is 1. The maximum absolute atomic E-state index is 12.2. The molecule has 0 heterocycles. The zero-order valence-electron chi connectivity index (χ0n) is 10.4. The molecule has 0 aliphatic carbocycles. The molecule has 0 aromatic heterocycles. The summed E-state index contributed by atoms with van der Waals surface area (Å²) < 4.78 is 5.17. The fourth-order valence-corrected chi connectivity index (χ4v) is 1.92. The molecule has 0 aliphatic heterocycles. The highest BCUT2D eigenvalue weighted by molar-refractivity contribution is 7.98. The molecule has 0 aliphatic rings. The molecule has 0 bridgehead atoms. The van der Waals surface area contributed by atoms with Crippen molar-refractivity contribution >= 4 is 23.4 Å². The van der Waals surface area contributed by atoms with Gasteiger partial charge >= 0.3 is 0 Å². The number of nitrogens with two attached hydrogens (primary N) is 1. The van der Waals surface area contributed by atoms with Crippen LogP contribution in [0.3, 0.4) is 0 Å². The number of nitrogens with zero attached hydrogens (tertiary/aromatic N) is 1. The molecular weight excluding hydrogens is 236 g/mol. The van der Waals surface area contributed by atoms with Crippen molar-refractivity contribution in [2.24, 2.45) is 0 Å². The van der Waals surface area contributed by atoms with Crippen LogP contribution in [0.2, 0.25) is 0 Å². The summed E-state index contributed by atoms with van der Waals surface area (Å²) in [5.74, 6) is 1.32. The van der Waals surface area contributed by atoms with Crippen molar-refractivity contribution in [2.45, 2.75) is 0 Å². The van der Waals surface area contributed by atoms with E-state index in [1.165, 1.54) is 7.11 Å². The van der Waals surface area contributed by atoms with Crippen molar-refractivity contribution in [1.82, 2.24) is 4.90 Å². The minimum absolute atomic E-state index is 0.103. The smallest absolute Gasteiger partial charge is 0.259 e. The average Bonchev–Trinajstić information content (AvgIpc) is 2.34. The van der Waals surface area contributed by atoms with Gasteiger partial charge in [-0.3, -0.25) is 4.79 Å². The van der Waals surface area contributed by atoms with Crippen molar-refractivity contribution in [3.8, 4) is 5.75 Å². The summed E-state index contributed by atoms with van der Waals surface area (Å²) in [7, 11) is 3.30. The molecule has 1 rings (SSSR count). The molecule has 0 unspecified atom stereocenters. The third-order valence-electron chi connectivity index (χ3n) is 2.47. The Morgan fingerprint density at radius 1 is 1.53 bits per heavy atom. The Labute approximate surface area is 106 Å². The van der Waals surface area contributed by atoms with Gasteiger partial charge in [-0.1, -0.05) is 6.07 Å². The van der Waals surface area contributed by atoms with Gasteiger partial charge in [-0.15, -0.1) is 0 Å². The second kappa shape index (κ2) is 6.39. The van der Waals surface area contributed by atoms with Gasteiger partial charge in [-0.25, -0.2) is 0 Å². The molecule has 0 fully saturated rings. The first-order chi connectivity index (χ1) is 8.11. The van der Waals surface area contributed by atoms with E-state index in [1.54, 1.807) is 41.9 Å².